The largest absolute Gasteiger partial charge is 0.366 e. The summed E-state index contributed by atoms with van der Waals surface area (Å²) in [5.41, 5.74) is 2.49. The quantitative estimate of drug-likeness (QED) is 0.448. The van der Waals surface area contributed by atoms with Gasteiger partial charge in [0.2, 0.25) is 0 Å². The molecule has 1 heterocycles. The maximum absolute atomic E-state index is 11.7. The van der Waals surface area contributed by atoms with Crippen molar-refractivity contribution in [3.63, 3.8) is 0 Å². The molecule has 1 saturated heterocycles. The summed E-state index contributed by atoms with van der Waals surface area (Å²) in [6.07, 6.45) is 2.04. The normalized spacial score (nSPS) is 21.0. The number of thioether (sulfide) groups is 1. The lowest BCUT2D eigenvalue weighted by Crippen LogP contribution is -2.42. The van der Waals surface area contributed by atoms with E-state index in [-0.39, 0.29) is 0 Å². The molecule has 1 fully saturated rings. The number of hydrogen-bond donors (Lipinski definition) is 1. The number of rotatable bonds is 4. The number of benzene rings is 3. The maximum atomic E-state index is 11.7. The number of anilines is 1. The lowest BCUT2D eigenvalue weighted by Gasteiger charge is -2.35. The molecule has 0 radical (unpaired) electrons. The van der Waals surface area contributed by atoms with E-state index < -0.39 is 5.72 Å². The van der Waals surface area contributed by atoms with Gasteiger partial charge in [0.25, 0.3) is 0 Å². The Morgan fingerprint density at radius 2 is 1.62 bits per heavy atom. The summed E-state index contributed by atoms with van der Waals surface area (Å²) in [7, 11) is 0. The molecule has 146 valence electrons. The van der Waals surface area contributed by atoms with Crippen molar-refractivity contribution in [3.8, 4) is 0 Å². The fraction of sp³-hybridized carbons (Fsp3) is 0.125. The van der Waals surface area contributed by atoms with Gasteiger partial charge in [-0.2, -0.15) is 0 Å². The zero-order chi connectivity index (χ0) is 20.3. The van der Waals surface area contributed by atoms with Gasteiger partial charge in [0.15, 0.2) is 5.72 Å². The Kier molecular flexibility index (Phi) is 5.90. The summed E-state index contributed by atoms with van der Waals surface area (Å²) in [5.74, 6) is 0.545. The van der Waals surface area contributed by atoms with Gasteiger partial charge in [-0.25, -0.2) is 0 Å². The first-order chi connectivity index (χ1) is 14.1. The van der Waals surface area contributed by atoms with E-state index in [0.29, 0.717) is 5.75 Å². The number of hydrogen-bond acceptors (Lipinski definition) is 4. The number of aliphatic hydroxyl groups is 1. The molecule has 1 atom stereocenters. The van der Waals surface area contributed by atoms with E-state index in [9.17, 15) is 5.11 Å². The Bertz CT molecular complexity index is 1040. The Morgan fingerprint density at radius 3 is 2.28 bits per heavy atom. The van der Waals surface area contributed by atoms with Crippen molar-refractivity contribution in [1.82, 2.24) is 0 Å². The predicted molar refractivity (Wildman–Crippen MR) is 127 cm³/mol. The van der Waals surface area contributed by atoms with E-state index in [1.54, 1.807) is 11.8 Å². The maximum Gasteiger partial charge on any atom is 0.178 e. The minimum atomic E-state index is -1.11. The lowest BCUT2D eigenvalue weighted by molar-refractivity contribution is 0.0721. The molecule has 0 bridgehead atoms. The lowest BCUT2D eigenvalue weighted by atomic mass is 10.0. The number of aliphatic imine (C=N–C) groups is 1. The van der Waals surface area contributed by atoms with Crippen LogP contribution in [0.3, 0.4) is 0 Å². The molecular formula is C24H21BrN2OS. The molecule has 3 aromatic carbocycles. The van der Waals surface area contributed by atoms with Crippen molar-refractivity contribution in [2.45, 2.75) is 12.6 Å². The van der Waals surface area contributed by atoms with Gasteiger partial charge in [-0.05, 0) is 49.4 Å². The zero-order valence-electron chi connectivity index (χ0n) is 16.0. The molecule has 0 aromatic heterocycles. The van der Waals surface area contributed by atoms with Crippen molar-refractivity contribution < 1.29 is 5.11 Å². The third-order valence-electron chi connectivity index (χ3n) is 4.73. The van der Waals surface area contributed by atoms with Crippen molar-refractivity contribution in [2.75, 3.05) is 10.7 Å². The van der Waals surface area contributed by atoms with E-state index in [0.717, 1.165) is 32.2 Å². The highest BCUT2D eigenvalue weighted by atomic mass is 79.9. The van der Waals surface area contributed by atoms with Gasteiger partial charge in [0.05, 0.1) is 16.5 Å². The van der Waals surface area contributed by atoms with Gasteiger partial charge in [-0.1, -0.05) is 64.5 Å². The first kappa shape index (κ1) is 20.0. The van der Waals surface area contributed by atoms with Gasteiger partial charge in [0.1, 0.15) is 0 Å². The highest BCUT2D eigenvalue weighted by molar-refractivity contribution is 9.10. The SMILES string of the molecule is CC(/C=C1/SC[C@@](O)(c2ccccc2)N1c1ccccc1)=Nc1ccc(Br)cc1. The van der Waals surface area contributed by atoms with Crippen LogP contribution >= 0.6 is 27.7 Å². The van der Waals surface area contributed by atoms with Gasteiger partial charge in [0, 0.05) is 21.4 Å². The van der Waals surface area contributed by atoms with Crippen LogP contribution in [0.2, 0.25) is 0 Å². The second-order valence-corrected chi connectivity index (χ2v) is 8.77. The second kappa shape index (κ2) is 8.57. The molecule has 3 nitrogen and oxygen atoms in total. The third kappa shape index (κ3) is 4.32. The van der Waals surface area contributed by atoms with Gasteiger partial charge in [-0.15, -0.1) is 11.8 Å². The van der Waals surface area contributed by atoms with Gasteiger partial charge >= 0.3 is 0 Å². The molecule has 0 aliphatic carbocycles. The molecule has 5 heteroatoms. The first-order valence-corrected chi connectivity index (χ1v) is 11.1. The van der Waals surface area contributed by atoms with Crippen LogP contribution in [-0.2, 0) is 5.72 Å². The highest BCUT2D eigenvalue weighted by Gasteiger charge is 2.44. The van der Waals surface area contributed by atoms with Crippen LogP contribution in [0.5, 0.6) is 0 Å². The Balaban J connectivity index is 1.74. The highest BCUT2D eigenvalue weighted by Crippen LogP contribution is 2.47. The van der Waals surface area contributed by atoms with Crippen molar-refractivity contribution in [2.24, 2.45) is 4.99 Å². The van der Waals surface area contributed by atoms with E-state index >= 15 is 0 Å². The number of para-hydroxylation sites is 1. The molecule has 3 aromatic rings. The second-order valence-electron chi connectivity index (χ2n) is 6.85. The smallest absolute Gasteiger partial charge is 0.178 e. The summed E-state index contributed by atoms with van der Waals surface area (Å²) in [6.45, 7) is 1.98. The molecule has 1 aliphatic heterocycles. The van der Waals surface area contributed by atoms with Crippen LogP contribution in [0.4, 0.5) is 11.4 Å². The van der Waals surface area contributed by atoms with Crippen molar-refractivity contribution >= 4 is 44.8 Å². The molecule has 1 aliphatic rings. The van der Waals surface area contributed by atoms with Crippen LogP contribution in [0.25, 0.3) is 0 Å². The molecule has 29 heavy (non-hydrogen) atoms. The van der Waals surface area contributed by atoms with E-state index in [2.05, 4.69) is 15.9 Å². The molecule has 0 spiro atoms. The number of halogens is 1. The average molecular weight is 465 g/mol. The fourth-order valence-corrected chi connectivity index (χ4v) is 4.91. The minimum absolute atomic E-state index is 0.545. The summed E-state index contributed by atoms with van der Waals surface area (Å²) >= 11 is 5.09. The van der Waals surface area contributed by atoms with Crippen LogP contribution in [0.15, 0.2) is 105 Å². The van der Waals surface area contributed by atoms with Crippen LogP contribution in [0, 0.1) is 0 Å². The van der Waals surface area contributed by atoms with Crippen LogP contribution in [0.1, 0.15) is 12.5 Å². The van der Waals surface area contributed by atoms with E-state index in [4.69, 9.17) is 4.99 Å². The van der Waals surface area contributed by atoms with Gasteiger partial charge in [-0.3, -0.25) is 4.99 Å². The van der Waals surface area contributed by atoms with Crippen LogP contribution < -0.4 is 4.90 Å². The third-order valence-corrected chi connectivity index (χ3v) is 6.40. The number of nitrogens with zero attached hydrogens (tertiary/aromatic N) is 2. The topological polar surface area (TPSA) is 35.8 Å². The fourth-order valence-electron chi connectivity index (χ4n) is 3.36. The summed E-state index contributed by atoms with van der Waals surface area (Å²) < 4.78 is 1.03. The van der Waals surface area contributed by atoms with Crippen molar-refractivity contribution in [1.29, 1.82) is 0 Å². The van der Waals surface area contributed by atoms with E-state index in [1.165, 1.54) is 0 Å². The molecule has 0 unspecified atom stereocenters. The summed E-state index contributed by atoms with van der Waals surface area (Å²) in [5, 5.41) is 12.7. The summed E-state index contributed by atoms with van der Waals surface area (Å²) in [4.78, 5) is 6.72. The average Bonchev–Trinajstić information content (AvgIpc) is 3.08. The monoisotopic (exact) mass is 464 g/mol. The van der Waals surface area contributed by atoms with E-state index in [1.807, 2.05) is 103 Å². The Labute approximate surface area is 183 Å². The zero-order valence-corrected chi connectivity index (χ0v) is 18.4. The molecule has 0 saturated carbocycles. The molecule has 4 rings (SSSR count). The number of allylic oxidation sites excluding steroid dienone is 1. The minimum Gasteiger partial charge on any atom is -0.366 e. The Hall–Kier alpha value is -2.34. The van der Waals surface area contributed by atoms with Gasteiger partial charge < -0.3 is 10.0 Å². The Morgan fingerprint density at radius 1 is 1.00 bits per heavy atom. The van der Waals surface area contributed by atoms with Crippen molar-refractivity contribution in [3.05, 3.63) is 106 Å². The summed E-state index contributed by atoms with van der Waals surface area (Å²) in [6, 6.07) is 27.8. The standard InChI is InChI=1S/C24H21BrN2OS/c1-18(26-21-14-12-20(25)13-15-21)16-23-27(22-10-6-3-7-11-22)24(28,17-29-23)19-8-4-2-5-9-19/h2-16,28H,17H2,1H3/b23-16+,26-18?/t24-/m1/s1. The molecule has 0 amide bonds. The van der Waals surface area contributed by atoms with Crippen LogP contribution in [-0.4, -0.2) is 16.6 Å². The first-order valence-electron chi connectivity index (χ1n) is 9.35. The molecular weight excluding hydrogens is 444 g/mol. The predicted octanol–water partition coefficient (Wildman–Crippen LogP) is 6.48. The molecule has 1 N–H and O–H groups in total.